The van der Waals surface area contributed by atoms with Crippen molar-refractivity contribution in [2.24, 2.45) is 22.7 Å². The van der Waals surface area contributed by atoms with Crippen molar-refractivity contribution in [2.75, 3.05) is 6.61 Å². The Morgan fingerprint density at radius 1 is 1.00 bits per heavy atom. The lowest BCUT2D eigenvalue weighted by atomic mass is 9.48. The highest BCUT2D eigenvalue weighted by Crippen LogP contribution is 2.64. The normalized spacial score (nSPS) is 38.7. The van der Waals surface area contributed by atoms with Crippen molar-refractivity contribution >= 4 is 24.0 Å². The average Bonchev–Trinajstić information content (AvgIpc) is 3.70. The maximum absolute atomic E-state index is 13.0. The summed E-state index contributed by atoms with van der Waals surface area (Å²) in [5.74, 6) is -2.50. The third-order valence-electron chi connectivity index (χ3n) is 10.3. The summed E-state index contributed by atoms with van der Waals surface area (Å²) >= 11 is 0. The van der Waals surface area contributed by atoms with Crippen LogP contribution in [0.25, 0.3) is 6.08 Å². The van der Waals surface area contributed by atoms with E-state index < -0.39 is 76.7 Å². The molecule has 9 nitrogen and oxygen atoms in total. The second-order valence-electron chi connectivity index (χ2n) is 13.2. The minimum atomic E-state index is -1.25. The number of aliphatic hydroxyl groups is 2. The van der Waals surface area contributed by atoms with E-state index >= 15 is 0 Å². The molecule has 0 amide bonds. The molecule has 0 radical (unpaired) electrons. The van der Waals surface area contributed by atoms with Gasteiger partial charge in [-0.05, 0) is 54.4 Å². The molecule has 1 aromatic rings. The van der Waals surface area contributed by atoms with E-state index in [0.29, 0.717) is 30.4 Å². The zero-order chi connectivity index (χ0) is 30.6. The van der Waals surface area contributed by atoms with Crippen LogP contribution in [0.15, 0.2) is 47.6 Å². The zero-order valence-electron chi connectivity index (χ0n) is 25.2. The Hall–Kier alpha value is -3.01. The molecule has 3 fully saturated rings. The minimum absolute atomic E-state index is 0.246. The Kier molecular flexibility index (Phi) is 7.92. The molecule has 42 heavy (non-hydrogen) atoms. The zero-order valence-corrected chi connectivity index (χ0v) is 25.2. The maximum atomic E-state index is 13.0. The number of ether oxygens (including phenoxy) is 4. The van der Waals surface area contributed by atoms with Crippen molar-refractivity contribution in [3.8, 4) is 0 Å². The monoisotopic (exact) mass is 582 g/mol. The topological polar surface area (TPSA) is 132 Å². The number of epoxide rings is 1. The third kappa shape index (κ3) is 5.09. The average molecular weight is 583 g/mol. The van der Waals surface area contributed by atoms with Gasteiger partial charge in [-0.15, -0.1) is 0 Å². The summed E-state index contributed by atoms with van der Waals surface area (Å²) in [4.78, 5) is 37.7. The van der Waals surface area contributed by atoms with Crippen LogP contribution in [0.5, 0.6) is 0 Å². The van der Waals surface area contributed by atoms with Crippen LogP contribution >= 0.6 is 0 Å². The maximum Gasteiger partial charge on any atom is 0.331 e. The van der Waals surface area contributed by atoms with Crippen molar-refractivity contribution in [3.05, 3.63) is 53.1 Å². The fourth-order valence-electron chi connectivity index (χ4n) is 8.27. The lowest BCUT2D eigenvalue weighted by Crippen LogP contribution is -2.67. The van der Waals surface area contributed by atoms with Gasteiger partial charge in [-0.1, -0.05) is 51.1 Å². The Balaban J connectivity index is 1.57. The third-order valence-corrected chi connectivity index (χ3v) is 10.3. The van der Waals surface area contributed by atoms with Crippen LogP contribution in [-0.2, 0) is 33.3 Å². The molecular weight excluding hydrogens is 540 g/mol. The Labute approximate surface area is 246 Å². The summed E-state index contributed by atoms with van der Waals surface area (Å²) in [7, 11) is 0. The van der Waals surface area contributed by atoms with E-state index in [1.165, 1.54) is 19.9 Å². The smallest absolute Gasteiger partial charge is 0.331 e. The predicted molar refractivity (Wildman–Crippen MR) is 153 cm³/mol. The van der Waals surface area contributed by atoms with Gasteiger partial charge >= 0.3 is 17.9 Å². The van der Waals surface area contributed by atoms with Crippen LogP contribution in [0, 0.1) is 22.7 Å². The molecule has 0 aromatic heterocycles. The molecule has 1 aromatic carbocycles. The molecule has 1 aliphatic heterocycles. The summed E-state index contributed by atoms with van der Waals surface area (Å²) in [6.07, 6.45) is -0.383. The summed E-state index contributed by atoms with van der Waals surface area (Å²) in [5, 5.41) is 23.8. The minimum Gasteiger partial charge on any atom is -0.462 e. The fourth-order valence-corrected chi connectivity index (χ4v) is 8.27. The Morgan fingerprint density at radius 2 is 1.64 bits per heavy atom. The molecule has 1 saturated heterocycles. The van der Waals surface area contributed by atoms with Crippen molar-refractivity contribution in [2.45, 2.75) is 96.9 Å². The number of benzene rings is 1. The fraction of sp³-hybridized carbons (Fsp3) is 0.606. The first-order valence-electron chi connectivity index (χ1n) is 14.7. The number of fused-ring (bicyclic) bond motifs is 4. The highest BCUT2D eigenvalue weighted by Gasteiger charge is 2.73. The van der Waals surface area contributed by atoms with Crippen LogP contribution in [0.4, 0.5) is 0 Å². The number of aliphatic hydroxyl groups excluding tert-OH is 2. The SMILES string of the molecule is CC(=O)O[C@@H]1[C@@H]2C[C@H](OC(C)=O)C(C)=C([C@@H](O)[C@H](O)[C@@]3(C)CC[C@H](OC(=O)C=Cc4ccccc4)[C@@]4(CO4)[C@@H]13)C2(C)C. The van der Waals surface area contributed by atoms with Gasteiger partial charge < -0.3 is 29.2 Å². The number of hydrogen-bond acceptors (Lipinski definition) is 9. The lowest BCUT2D eigenvalue weighted by Gasteiger charge is -2.60. The molecule has 9 atom stereocenters. The summed E-state index contributed by atoms with van der Waals surface area (Å²) in [6, 6.07) is 9.41. The molecular formula is C33H42O9. The second kappa shape index (κ2) is 10.9. The van der Waals surface area contributed by atoms with Gasteiger partial charge in [-0.2, -0.15) is 0 Å². The number of carbonyl (C=O) groups is 3. The molecule has 5 rings (SSSR count). The second-order valence-corrected chi connectivity index (χ2v) is 13.2. The highest BCUT2D eigenvalue weighted by atomic mass is 16.6. The number of rotatable bonds is 5. The molecule has 3 aliphatic carbocycles. The molecule has 1 spiro atoms. The van der Waals surface area contributed by atoms with Gasteiger partial charge in [-0.25, -0.2) is 4.79 Å². The van der Waals surface area contributed by atoms with Crippen LogP contribution in [-0.4, -0.2) is 70.8 Å². The van der Waals surface area contributed by atoms with Gasteiger partial charge in [0.15, 0.2) is 0 Å². The quantitative estimate of drug-likeness (QED) is 0.175. The number of carbonyl (C=O) groups excluding carboxylic acids is 3. The van der Waals surface area contributed by atoms with Gasteiger partial charge in [0.2, 0.25) is 0 Å². The molecule has 4 aliphatic rings. The first-order valence-corrected chi connectivity index (χ1v) is 14.7. The van der Waals surface area contributed by atoms with Crippen LogP contribution < -0.4 is 0 Å². The van der Waals surface area contributed by atoms with Gasteiger partial charge in [-0.3, -0.25) is 9.59 Å². The van der Waals surface area contributed by atoms with Crippen molar-refractivity contribution in [1.82, 2.24) is 0 Å². The van der Waals surface area contributed by atoms with Crippen LogP contribution in [0.3, 0.4) is 0 Å². The van der Waals surface area contributed by atoms with Crippen LogP contribution in [0.1, 0.15) is 66.4 Å². The lowest BCUT2D eigenvalue weighted by molar-refractivity contribution is -0.218. The predicted octanol–water partition coefficient (Wildman–Crippen LogP) is 3.76. The first kappa shape index (κ1) is 30.4. The largest absolute Gasteiger partial charge is 0.462 e. The van der Waals surface area contributed by atoms with Crippen molar-refractivity contribution in [1.29, 1.82) is 0 Å². The number of hydrogen-bond donors (Lipinski definition) is 2. The van der Waals surface area contributed by atoms with E-state index in [2.05, 4.69) is 0 Å². The molecule has 2 bridgehead atoms. The molecule has 2 saturated carbocycles. The first-order chi connectivity index (χ1) is 19.7. The molecule has 2 N–H and O–H groups in total. The Morgan fingerprint density at radius 3 is 2.24 bits per heavy atom. The van der Waals surface area contributed by atoms with E-state index in [1.54, 1.807) is 6.08 Å². The summed E-state index contributed by atoms with van der Waals surface area (Å²) in [5.41, 5.74) is -0.554. The van der Waals surface area contributed by atoms with Gasteiger partial charge in [0, 0.05) is 37.2 Å². The van der Waals surface area contributed by atoms with Crippen molar-refractivity contribution in [3.63, 3.8) is 0 Å². The molecule has 228 valence electrons. The molecule has 9 heteroatoms. The van der Waals surface area contributed by atoms with E-state index in [0.717, 1.165) is 5.56 Å². The Bertz CT molecular complexity index is 1290. The standard InChI is InChI=1S/C33H42O9/c1-18-23(40-19(2)34)16-22-28(41-20(3)35)29-32(6,30(38)27(37)26(18)31(22,4)5)15-14-24(33(29)17-39-33)42-25(36)13-12-21-10-8-7-9-11-21/h7-13,22-24,27-30,37-38H,14-17H2,1-6H3/t22-,23-,24-,27+,28+,29-,30-,32-,33-/m0/s1. The van der Waals surface area contributed by atoms with Gasteiger partial charge in [0.1, 0.15) is 30.0 Å². The summed E-state index contributed by atoms with van der Waals surface area (Å²) in [6.45, 7) is 10.6. The van der Waals surface area contributed by atoms with E-state index in [-0.39, 0.29) is 6.61 Å². The number of esters is 3. The van der Waals surface area contributed by atoms with Crippen LogP contribution in [0.2, 0.25) is 0 Å². The molecule has 1 heterocycles. The van der Waals surface area contributed by atoms with E-state index in [4.69, 9.17) is 18.9 Å². The van der Waals surface area contributed by atoms with Gasteiger partial charge in [0.05, 0.1) is 12.7 Å². The van der Waals surface area contributed by atoms with E-state index in [9.17, 15) is 24.6 Å². The van der Waals surface area contributed by atoms with Crippen molar-refractivity contribution < 1.29 is 43.5 Å². The highest BCUT2D eigenvalue weighted by molar-refractivity contribution is 5.87. The van der Waals surface area contributed by atoms with Gasteiger partial charge in [0.25, 0.3) is 0 Å². The summed E-state index contributed by atoms with van der Waals surface area (Å²) < 4.78 is 24.0. The molecule has 0 unspecified atom stereocenters. The van der Waals surface area contributed by atoms with E-state index in [1.807, 2.05) is 58.0 Å².